The van der Waals surface area contributed by atoms with Crippen LogP contribution in [0.2, 0.25) is 0 Å². The van der Waals surface area contributed by atoms with Gasteiger partial charge in [0.05, 0.1) is 43.2 Å². The van der Waals surface area contributed by atoms with Gasteiger partial charge >= 0.3 is 0 Å². The standard InChI is InChI=1S/C25H47NO8/c1-15-10-11-25(32-9,34-17(15)3)22(27)23(28)26-16(2)19-13-20(31-8)24(4,5)21(33-19)12-18(30-7)14-29-6/h15-22,27H,10-14H2,1-9H3,(H,26,28)/t15-,16-,17-,18+,19+,20-,21-,22-,25-/m1/s1. The van der Waals surface area contributed by atoms with E-state index < -0.39 is 17.8 Å². The lowest BCUT2D eigenvalue weighted by atomic mass is 9.73. The predicted molar refractivity (Wildman–Crippen MR) is 127 cm³/mol. The molecule has 0 unspecified atom stereocenters. The lowest BCUT2D eigenvalue weighted by Crippen LogP contribution is -2.61. The van der Waals surface area contributed by atoms with E-state index >= 15 is 0 Å². The Bertz CT molecular complexity index is 646. The number of aliphatic hydroxyl groups excluding tert-OH is 1. The summed E-state index contributed by atoms with van der Waals surface area (Å²) in [5, 5.41) is 13.9. The van der Waals surface area contributed by atoms with E-state index in [1.807, 2.05) is 13.8 Å². The van der Waals surface area contributed by atoms with Crippen molar-refractivity contribution in [1.82, 2.24) is 5.32 Å². The summed E-state index contributed by atoms with van der Waals surface area (Å²) in [6.07, 6.45) is 0.242. The first-order valence-electron chi connectivity index (χ1n) is 12.4. The molecule has 0 aliphatic carbocycles. The average molecular weight is 490 g/mol. The van der Waals surface area contributed by atoms with E-state index in [4.69, 9.17) is 28.4 Å². The Kier molecular flexibility index (Phi) is 10.8. The van der Waals surface area contributed by atoms with Crippen LogP contribution in [-0.2, 0) is 33.2 Å². The minimum absolute atomic E-state index is 0.0742. The first-order valence-corrected chi connectivity index (χ1v) is 12.4. The van der Waals surface area contributed by atoms with Gasteiger partial charge in [-0.15, -0.1) is 0 Å². The van der Waals surface area contributed by atoms with E-state index in [9.17, 15) is 9.90 Å². The van der Waals surface area contributed by atoms with E-state index in [0.717, 1.165) is 6.42 Å². The van der Waals surface area contributed by atoms with E-state index in [1.54, 1.807) is 21.3 Å². The van der Waals surface area contributed by atoms with E-state index in [2.05, 4.69) is 26.1 Å². The molecule has 0 aromatic carbocycles. The third kappa shape index (κ3) is 6.49. The fourth-order valence-electron chi connectivity index (χ4n) is 5.11. The average Bonchev–Trinajstić information content (AvgIpc) is 2.80. The fraction of sp³-hybridized carbons (Fsp3) is 0.960. The smallest absolute Gasteiger partial charge is 0.254 e. The number of hydrogen-bond donors (Lipinski definition) is 2. The van der Waals surface area contributed by atoms with Crippen molar-refractivity contribution in [3.63, 3.8) is 0 Å². The maximum atomic E-state index is 13.1. The van der Waals surface area contributed by atoms with Crippen molar-refractivity contribution in [2.45, 2.75) is 109 Å². The Hall–Kier alpha value is -0.810. The molecule has 200 valence electrons. The summed E-state index contributed by atoms with van der Waals surface area (Å²) in [4.78, 5) is 13.1. The van der Waals surface area contributed by atoms with Gasteiger partial charge in [0.15, 0.2) is 6.10 Å². The predicted octanol–water partition coefficient (Wildman–Crippen LogP) is 2.28. The molecule has 0 saturated carbocycles. The zero-order valence-electron chi connectivity index (χ0n) is 22.5. The quantitative estimate of drug-likeness (QED) is 0.456. The normalized spacial score (nSPS) is 36.5. The molecule has 0 aromatic rings. The van der Waals surface area contributed by atoms with E-state index in [1.165, 1.54) is 7.11 Å². The number of ether oxygens (including phenoxy) is 6. The van der Waals surface area contributed by atoms with Gasteiger partial charge in [0.1, 0.15) is 0 Å². The molecule has 2 aliphatic rings. The zero-order valence-corrected chi connectivity index (χ0v) is 22.5. The third-order valence-electron chi connectivity index (χ3n) is 7.97. The van der Waals surface area contributed by atoms with Gasteiger partial charge in [-0.25, -0.2) is 0 Å². The topological polar surface area (TPSA) is 105 Å². The van der Waals surface area contributed by atoms with Crippen LogP contribution in [-0.4, -0.2) is 94.5 Å². The minimum atomic E-state index is -1.46. The molecule has 2 rings (SSSR count). The van der Waals surface area contributed by atoms with Gasteiger partial charge in [-0.05, 0) is 26.2 Å². The van der Waals surface area contributed by atoms with Crippen molar-refractivity contribution >= 4 is 5.91 Å². The molecule has 9 atom stereocenters. The molecule has 9 nitrogen and oxygen atoms in total. The summed E-state index contributed by atoms with van der Waals surface area (Å²) in [5.74, 6) is -1.56. The first kappa shape index (κ1) is 29.4. The van der Waals surface area contributed by atoms with Crippen LogP contribution in [0.25, 0.3) is 0 Å². The van der Waals surface area contributed by atoms with Crippen LogP contribution in [0.1, 0.15) is 60.3 Å². The van der Waals surface area contributed by atoms with Gasteiger partial charge in [0.2, 0.25) is 5.79 Å². The largest absolute Gasteiger partial charge is 0.382 e. The van der Waals surface area contributed by atoms with E-state index in [0.29, 0.717) is 31.8 Å². The molecule has 2 saturated heterocycles. The molecule has 2 heterocycles. The van der Waals surface area contributed by atoms with Crippen molar-refractivity contribution in [3.05, 3.63) is 0 Å². The molecule has 0 spiro atoms. The number of carbonyl (C=O) groups is 1. The third-order valence-corrected chi connectivity index (χ3v) is 7.97. The van der Waals surface area contributed by atoms with Crippen molar-refractivity contribution in [3.8, 4) is 0 Å². The van der Waals surface area contributed by atoms with Crippen LogP contribution in [0, 0.1) is 11.3 Å². The summed E-state index contributed by atoms with van der Waals surface area (Å²) < 4.78 is 34.8. The summed E-state index contributed by atoms with van der Waals surface area (Å²) >= 11 is 0. The Balaban J connectivity index is 2.11. The zero-order chi connectivity index (χ0) is 25.7. The van der Waals surface area contributed by atoms with Gasteiger partial charge in [0, 0.05) is 53.1 Å². The maximum Gasteiger partial charge on any atom is 0.254 e. The Morgan fingerprint density at radius 3 is 2.41 bits per heavy atom. The SMILES string of the molecule is COC[C@H](C[C@H]1O[C@H]([C@@H](C)NC(=O)[C@@H](O)[C@@]2(OC)CC[C@@H](C)[C@@H](C)O2)C[C@@H](OC)C1(C)C)OC. The Labute approximate surface area is 205 Å². The van der Waals surface area contributed by atoms with Gasteiger partial charge in [-0.2, -0.15) is 0 Å². The van der Waals surface area contributed by atoms with Crippen LogP contribution >= 0.6 is 0 Å². The number of aliphatic hydroxyl groups is 1. The highest BCUT2D eigenvalue weighted by atomic mass is 16.7. The minimum Gasteiger partial charge on any atom is -0.382 e. The van der Waals surface area contributed by atoms with Crippen molar-refractivity contribution in [2.75, 3.05) is 35.0 Å². The van der Waals surface area contributed by atoms with Crippen LogP contribution in [0.3, 0.4) is 0 Å². The van der Waals surface area contributed by atoms with Gasteiger partial charge < -0.3 is 38.8 Å². The Morgan fingerprint density at radius 2 is 1.88 bits per heavy atom. The molecular weight excluding hydrogens is 442 g/mol. The molecule has 2 N–H and O–H groups in total. The van der Waals surface area contributed by atoms with Crippen LogP contribution in [0.4, 0.5) is 0 Å². The first-order chi connectivity index (χ1) is 15.9. The van der Waals surface area contributed by atoms with Gasteiger partial charge in [-0.3, -0.25) is 4.79 Å². The highest BCUT2D eigenvalue weighted by molar-refractivity contribution is 5.82. The molecule has 0 radical (unpaired) electrons. The molecule has 2 fully saturated rings. The lowest BCUT2D eigenvalue weighted by molar-refractivity contribution is -0.308. The molecule has 2 aliphatic heterocycles. The molecular formula is C25H47NO8. The molecule has 34 heavy (non-hydrogen) atoms. The Morgan fingerprint density at radius 1 is 1.21 bits per heavy atom. The molecule has 0 aromatic heterocycles. The number of methoxy groups -OCH3 is 4. The van der Waals surface area contributed by atoms with E-state index in [-0.39, 0.29) is 42.0 Å². The second-order valence-corrected chi connectivity index (χ2v) is 10.5. The van der Waals surface area contributed by atoms with Crippen molar-refractivity contribution in [2.24, 2.45) is 11.3 Å². The van der Waals surface area contributed by atoms with Crippen LogP contribution < -0.4 is 5.32 Å². The summed E-state index contributed by atoms with van der Waals surface area (Å²) in [7, 11) is 6.48. The number of amides is 1. The fourth-order valence-corrected chi connectivity index (χ4v) is 5.11. The summed E-state index contributed by atoms with van der Waals surface area (Å²) in [6, 6.07) is -0.365. The monoisotopic (exact) mass is 489 g/mol. The number of carbonyl (C=O) groups excluding carboxylic acids is 1. The maximum absolute atomic E-state index is 13.1. The van der Waals surface area contributed by atoms with Crippen molar-refractivity contribution in [1.29, 1.82) is 0 Å². The summed E-state index contributed by atoms with van der Waals surface area (Å²) in [6.45, 7) is 10.6. The van der Waals surface area contributed by atoms with Gasteiger partial charge in [-0.1, -0.05) is 20.8 Å². The lowest BCUT2D eigenvalue weighted by Gasteiger charge is -2.49. The van der Waals surface area contributed by atoms with Gasteiger partial charge in [0.25, 0.3) is 5.91 Å². The second-order valence-electron chi connectivity index (χ2n) is 10.5. The summed E-state index contributed by atoms with van der Waals surface area (Å²) in [5.41, 5.74) is -0.262. The highest BCUT2D eigenvalue weighted by Gasteiger charge is 2.50. The number of rotatable bonds is 11. The van der Waals surface area contributed by atoms with Crippen LogP contribution in [0.5, 0.6) is 0 Å². The highest BCUT2D eigenvalue weighted by Crippen LogP contribution is 2.41. The van der Waals surface area contributed by atoms with Crippen LogP contribution in [0.15, 0.2) is 0 Å². The second kappa shape index (κ2) is 12.4. The number of hydrogen-bond acceptors (Lipinski definition) is 8. The molecule has 9 heteroatoms. The number of nitrogens with one attached hydrogen (secondary N) is 1. The van der Waals surface area contributed by atoms with Crippen molar-refractivity contribution < 1.29 is 38.3 Å². The molecule has 1 amide bonds. The molecule has 0 bridgehead atoms.